The SMILES string of the molecule is CC1CCCN(Cc2ccc(CNC(C)(C)C)s2)CC1. The summed E-state index contributed by atoms with van der Waals surface area (Å²) in [6.07, 6.45) is 4.14. The fourth-order valence-electron chi connectivity index (χ4n) is 2.66. The van der Waals surface area contributed by atoms with E-state index in [-0.39, 0.29) is 5.54 Å². The van der Waals surface area contributed by atoms with Crippen molar-refractivity contribution in [3.05, 3.63) is 21.9 Å². The molecule has 0 aromatic carbocycles. The molecule has 0 aliphatic carbocycles. The van der Waals surface area contributed by atoms with Gasteiger partial charge in [0.25, 0.3) is 0 Å². The molecular formula is C17H30N2S. The van der Waals surface area contributed by atoms with Gasteiger partial charge in [-0.3, -0.25) is 4.90 Å². The molecule has 2 nitrogen and oxygen atoms in total. The highest BCUT2D eigenvalue weighted by Crippen LogP contribution is 2.22. The molecule has 3 heteroatoms. The Morgan fingerprint density at radius 1 is 1.20 bits per heavy atom. The van der Waals surface area contributed by atoms with Crippen molar-refractivity contribution in [3.63, 3.8) is 0 Å². The molecule has 0 spiro atoms. The smallest absolute Gasteiger partial charge is 0.0328 e. The third-order valence-corrected chi connectivity index (χ3v) is 5.07. The molecule has 1 aliphatic heterocycles. The van der Waals surface area contributed by atoms with E-state index >= 15 is 0 Å². The number of thiophene rings is 1. The van der Waals surface area contributed by atoms with Gasteiger partial charge in [0, 0.05) is 28.4 Å². The molecule has 1 saturated heterocycles. The van der Waals surface area contributed by atoms with Gasteiger partial charge in [0.1, 0.15) is 0 Å². The van der Waals surface area contributed by atoms with Gasteiger partial charge in [-0.15, -0.1) is 11.3 Å². The van der Waals surface area contributed by atoms with Crippen LogP contribution in [0, 0.1) is 5.92 Å². The molecule has 1 aromatic heterocycles. The lowest BCUT2D eigenvalue weighted by molar-refractivity contribution is 0.276. The normalized spacial score (nSPS) is 21.9. The molecule has 0 saturated carbocycles. The average Bonchev–Trinajstić information content (AvgIpc) is 2.70. The summed E-state index contributed by atoms with van der Waals surface area (Å²) in [5.74, 6) is 0.912. The summed E-state index contributed by atoms with van der Waals surface area (Å²) >= 11 is 1.97. The molecule has 114 valence electrons. The zero-order chi connectivity index (χ0) is 14.6. The van der Waals surface area contributed by atoms with Gasteiger partial charge in [-0.25, -0.2) is 0 Å². The fourth-order valence-corrected chi connectivity index (χ4v) is 3.66. The Bertz CT molecular complexity index is 405. The average molecular weight is 295 g/mol. The van der Waals surface area contributed by atoms with E-state index in [1.54, 1.807) is 0 Å². The molecule has 0 radical (unpaired) electrons. The van der Waals surface area contributed by atoms with Crippen molar-refractivity contribution in [1.82, 2.24) is 10.2 Å². The van der Waals surface area contributed by atoms with Gasteiger partial charge in [-0.05, 0) is 71.2 Å². The minimum Gasteiger partial charge on any atom is -0.307 e. The molecule has 0 amide bonds. The van der Waals surface area contributed by atoms with Crippen molar-refractivity contribution in [2.24, 2.45) is 5.92 Å². The first-order valence-corrected chi connectivity index (χ1v) is 8.79. The van der Waals surface area contributed by atoms with E-state index in [2.05, 4.69) is 50.0 Å². The summed E-state index contributed by atoms with van der Waals surface area (Å²) in [4.78, 5) is 5.61. The van der Waals surface area contributed by atoms with Gasteiger partial charge in [-0.2, -0.15) is 0 Å². The lowest BCUT2D eigenvalue weighted by Gasteiger charge is -2.20. The lowest BCUT2D eigenvalue weighted by atomic mass is 10.0. The third-order valence-electron chi connectivity index (χ3n) is 4.00. The summed E-state index contributed by atoms with van der Waals surface area (Å²) in [5, 5.41) is 3.57. The summed E-state index contributed by atoms with van der Waals surface area (Å²) < 4.78 is 0. The van der Waals surface area contributed by atoms with Crippen LogP contribution in [-0.2, 0) is 13.1 Å². The maximum atomic E-state index is 3.57. The van der Waals surface area contributed by atoms with Crippen molar-refractivity contribution in [2.45, 2.75) is 65.6 Å². The van der Waals surface area contributed by atoms with E-state index < -0.39 is 0 Å². The number of rotatable bonds is 4. The molecule has 20 heavy (non-hydrogen) atoms. The maximum absolute atomic E-state index is 3.57. The minimum atomic E-state index is 0.199. The topological polar surface area (TPSA) is 15.3 Å². The molecule has 1 fully saturated rings. The van der Waals surface area contributed by atoms with Crippen LogP contribution in [0.2, 0.25) is 0 Å². The first kappa shape index (κ1) is 16.0. The maximum Gasteiger partial charge on any atom is 0.0328 e. The molecule has 1 unspecified atom stereocenters. The Morgan fingerprint density at radius 3 is 2.70 bits per heavy atom. The van der Waals surface area contributed by atoms with Gasteiger partial charge in [0.05, 0.1) is 0 Å². The highest BCUT2D eigenvalue weighted by Gasteiger charge is 2.15. The molecule has 2 rings (SSSR count). The second kappa shape index (κ2) is 7.06. The predicted molar refractivity (Wildman–Crippen MR) is 89.2 cm³/mol. The van der Waals surface area contributed by atoms with Crippen LogP contribution in [0.3, 0.4) is 0 Å². The van der Waals surface area contributed by atoms with E-state index in [1.807, 2.05) is 11.3 Å². The van der Waals surface area contributed by atoms with E-state index in [9.17, 15) is 0 Å². The molecule has 2 heterocycles. The number of hydrogen-bond donors (Lipinski definition) is 1. The van der Waals surface area contributed by atoms with E-state index in [0.717, 1.165) is 19.0 Å². The van der Waals surface area contributed by atoms with Crippen molar-refractivity contribution < 1.29 is 0 Å². The van der Waals surface area contributed by atoms with Crippen LogP contribution in [0.15, 0.2) is 12.1 Å². The number of nitrogens with zero attached hydrogens (tertiary/aromatic N) is 1. The summed E-state index contributed by atoms with van der Waals surface area (Å²) in [6.45, 7) is 13.7. The highest BCUT2D eigenvalue weighted by molar-refractivity contribution is 7.11. The predicted octanol–water partition coefficient (Wildman–Crippen LogP) is 4.26. The zero-order valence-electron chi connectivity index (χ0n) is 13.5. The van der Waals surface area contributed by atoms with Crippen molar-refractivity contribution in [1.29, 1.82) is 0 Å². The van der Waals surface area contributed by atoms with Crippen molar-refractivity contribution >= 4 is 11.3 Å². The summed E-state index contributed by atoms with van der Waals surface area (Å²) in [5.41, 5.74) is 0.199. The van der Waals surface area contributed by atoms with Gasteiger partial charge in [0.15, 0.2) is 0 Å². The molecule has 1 atom stereocenters. The van der Waals surface area contributed by atoms with Crippen molar-refractivity contribution in [2.75, 3.05) is 13.1 Å². The molecule has 1 aliphatic rings. The largest absolute Gasteiger partial charge is 0.307 e. The van der Waals surface area contributed by atoms with Gasteiger partial charge in [0.2, 0.25) is 0 Å². The monoisotopic (exact) mass is 294 g/mol. The Hall–Kier alpha value is -0.380. The van der Waals surface area contributed by atoms with Gasteiger partial charge in [-0.1, -0.05) is 6.92 Å². The van der Waals surface area contributed by atoms with Crippen LogP contribution in [-0.4, -0.2) is 23.5 Å². The second-order valence-electron chi connectivity index (χ2n) is 7.28. The third kappa shape index (κ3) is 5.55. The quantitative estimate of drug-likeness (QED) is 0.892. The molecule has 1 N–H and O–H groups in total. The van der Waals surface area contributed by atoms with Crippen LogP contribution in [0.1, 0.15) is 56.7 Å². The standard InChI is InChI=1S/C17H30N2S/c1-14-6-5-10-19(11-9-14)13-16-8-7-15(20-16)12-18-17(2,3)4/h7-8,14,18H,5-6,9-13H2,1-4H3. The molecular weight excluding hydrogens is 264 g/mol. The van der Waals surface area contributed by atoms with Crippen LogP contribution in [0.5, 0.6) is 0 Å². The number of likely N-dealkylation sites (tertiary alicyclic amines) is 1. The fraction of sp³-hybridized carbons (Fsp3) is 0.765. The number of hydrogen-bond acceptors (Lipinski definition) is 3. The van der Waals surface area contributed by atoms with E-state index in [1.165, 1.54) is 42.1 Å². The Morgan fingerprint density at radius 2 is 1.95 bits per heavy atom. The minimum absolute atomic E-state index is 0.199. The van der Waals surface area contributed by atoms with Crippen LogP contribution >= 0.6 is 11.3 Å². The first-order chi connectivity index (χ1) is 9.42. The lowest BCUT2D eigenvalue weighted by Crippen LogP contribution is -2.34. The zero-order valence-corrected chi connectivity index (χ0v) is 14.4. The number of nitrogens with one attached hydrogen (secondary N) is 1. The summed E-state index contributed by atoms with van der Waals surface area (Å²) in [7, 11) is 0. The van der Waals surface area contributed by atoms with Crippen LogP contribution in [0.4, 0.5) is 0 Å². The Labute approximate surface area is 128 Å². The summed E-state index contributed by atoms with van der Waals surface area (Å²) in [6, 6.07) is 4.61. The Kier molecular flexibility index (Phi) is 5.65. The van der Waals surface area contributed by atoms with Gasteiger partial charge >= 0.3 is 0 Å². The Balaban J connectivity index is 1.83. The van der Waals surface area contributed by atoms with Crippen LogP contribution in [0.25, 0.3) is 0 Å². The highest BCUT2D eigenvalue weighted by atomic mass is 32.1. The second-order valence-corrected chi connectivity index (χ2v) is 8.54. The van der Waals surface area contributed by atoms with Crippen LogP contribution < -0.4 is 5.32 Å². The van der Waals surface area contributed by atoms with Crippen molar-refractivity contribution in [3.8, 4) is 0 Å². The van der Waals surface area contributed by atoms with Gasteiger partial charge < -0.3 is 5.32 Å². The van der Waals surface area contributed by atoms with E-state index in [0.29, 0.717) is 0 Å². The first-order valence-electron chi connectivity index (χ1n) is 7.97. The molecule has 0 bridgehead atoms. The van der Waals surface area contributed by atoms with E-state index in [4.69, 9.17) is 0 Å². The molecule has 1 aromatic rings.